The van der Waals surface area contributed by atoms with Gasteiger partial charge in [-0.1, -0.05) is 0 Å². The van der Waals surface area contributed by atoms with Crippen molar-refractivity contribution in [2.75, 3.05) is 18.5 Å². The normalized spacial score (nSPS) is 24.7. The minimum absolute atomic E-state index is 0.599. The van der Waals surface area contributed by atoms with Gasteiger partial charge in [0.15, 0.2) is 0 Å². The monoisotopic (exact) mass is 261 g/mol. The molecule has 1 fully saturated rings. The SMILES string of the molecule is CNC1CCN(c2ccc3ncsc3c2)C(C)C1. The Bertz CT molecular complexity index is 537. The Morgan fingerprint density at radius 2 is 2.33 bits per heavy atom. The minimum atomic E-state index is 0.599. The Morgan fingerprint density at radius 3 is 3.11 bits per heavy atom. The molecule has 0 amide bonds. The smallest absolute Gasteiger partial charge is 0.0813 e. The second-order valence-electron chi connectivity index (χ2n) is 5.06. The van der Waals surface area contributed by atoms with E-state index < -0.39 is 0 Å². The maximum atomic E-state index is 4.34. The summed E-state index contributed by atoms with van der Waals surface area (Å²) in [6, 6.07) is 7.89. The van der Waals surface area contributed by atoms with Crippen molar-refractivity contribution in [3.05, 3.63) is 23.7 Å². The molecule has 96 valence electrons. The van der Waals surface area contributed by atoms with Gasteiger partial charge in [-0.2, -0.15) is 0 Å². The highest BCUT2D eigenvalue weighted by Crippen LogP contribution is 2.29. The van der Waals surface area contributed by atoms with Crippen molar-refractivity contribution in [2.45, 2.75) is 31.8 Å². The molecule has 1 saturated heterocycles. The zero-order chi connectivity index (χ0) is 12.5. The topological polar surface area (TPSA) is 28.2 Å². The molecule has 3 rings (SSSR count). The molecule has 2 aromatic rings. The maximum absolute atomic E-state index is 4.34. The van der Waals surface area contributed by atoms with Crippen molar-refractivity contribution in [1.29, 1.82) is 0 Å². The number of hydrogen-bond donors (Lipinski definition) is 1. The molecule has 1 aromatic heterocycles. The van der Waals surface area contributed by atoms with E-state index in [0.717, 1.165) is 12.1 Å². The van der Waals surface area contributed by atoms with Gasteiger partial charge in [-0.3, -0.25) is 0 Å². The van der Waals surface area contributed by atoms with Gasteiger partial charge in [0.1, 0.15) is 0 Å². The largest absolute Gasteiger partial charge is 0.369 e. The first-order chi connectivity index (χ1) is 8.78. The Balaban J connectivity index is 1.85. The molecular formula is C14H19N3S. The average Bonchev–Trinajstić information content (AvgIpc) is 2.85. The van der Waals surface area contributed by atoms with E-state index in [4.69, 9.17) is 0 Å². The number of fused-ring (bicyclic) bond motifs is 1. The molecule has 2 atom stereocenters. The van der Waals surface area contributed by atoms with Crippen LogP contribution >= 0.6 is 11.3 Å². The van der Waals surface area contributed by atoms with Crippen LogP contribution in [-0.4, -0.2) is 30.7 Å². The predicted octanol–water partition coefficient (Wildman–Crippen LogP) is 2.87. The van der Waals surface area contributed by atoms with Crippen LogP contribution in [0.2, 0.25) is 0 Å². The zero-order valence-corrected chi connectivity index (χ0v) is 11.7. The Morgan fingerprint density at radius 1 is 1.44 bits per heavy atom. The van der Waals surface area contributed by atoms with Crippen molar-refractivity contribution in [3.8, 4) is 0 Å². The molecule has 1 aliphatic heterocycles. The Labute approximate surface area is 112 Å². The highest BCUT2D eigenvalue weighted by molar-refractivity contribution is 7.16. The summed E-state index contributed by atoms with van der Waals surface area (Å²) in [6.07, 6.45) is 2.44. The number of rotatable bonds is 2. The van der Waals surface area contributed by atoms with Gasteiger partial charge in [-0.05, 0) is 45.0 Å². The Hall–Kier alpha value is -1.13. The summed E-state index contributed by atoms with van der Waals surface area (Å²) < 4.78 is 1.29. The lowest BCUT2D eigenvalue weighted by atomic mass is 9.98. The fraction of sp³-hybridized carbons (Fsp3) is 0.500. The number of anilines is 1. The quantitative estimate of drug-likeness (QED) is 0.901. The molecular weight excluding hydrogens is 242 g/mol. The first-order valence-electron chi connectivity index (χ1n) is 6.55. The molecule has 0 bridgehead atoms. The van der Waals surface area contributed by atoms with E-state index in [1.165, 1.54) is 23.2 Å². The van der Waals surface area contributed by atoms with Gasteiger partial charge >= 0.3 is 0 Å². The van der Waals surface area contributed by atoms with Gasteiger partial charge in [0.2, 0.25) is 0 Å². The van der Waals surface area contributed by atoms with Crippen molar-refractivity contribution in [2.24, 2.45) is 0 Å². The van der Waals surface area contributed by atoms with Crippen LogP contribution in [0.3, 0.4) is 0 Å². The van der Waals surface area contributed by atoms with E-state index in [1.54, 1.807) is 11.3 Å². The number of nitrogens with zero attached hydrogens (tertiary/aromatic N) is 2. The van der Waals surface area contributed by atoms with Gasteiger partial charge in [-0.25, -0.2) is 4.98 Å². The lowest BCUT2D eigenvalue weighted by Crippen LogP contribution is -2.46. The molecule has 1 aromatic carbocycles. The van der Waals surface area contributed by atoms with Gasteiger partial charge in [0, 0.05) is 24.3 Å². The predicted molar refractivity (Wildman–Crippen MR) is 78.5 cm³/mol. The van der Waals surface area contributed by atoms with Gasteiger partial charge in [0.25, 0.3) is 0 Å². The van der Waals surface area contributed by atoms with Gasteiger partial charge in [0.05, 0.1) is 15.7 Å². The molecule has 3 nitrogen and oxygen atoms in total. The molecule has 0 aliphatic carbocycles. The summed E-state index contributed by atoms with van der Waals surface area (Å²) in [5.41, 5.74) is 4.38. The number of benzene rings is 1. The number of nitrogens with one attached hydrogen (secondary N) is 1. The van der Waals surface area contributed by atoms with Crippen molar-refractivity contribution >= 4 is 27.2 Å². The fourth-order valence-corrected chi connectivity index (χ4v) is 3.55. The third-order valence-corrected chi connectivity index (χ3v) is 4.72. The van der Waals surface area contributed by atoms with Crippen LogP contribution in [0.5, 0.6) is 0 Å². The summed E-state index contributed by atoms with van der Waals surface area (Å²) in [5.74, 6) is 0. The van der Waals surface area contributed by atoms with E-state index in [2.05, 4.69) is 47.4 Å². The molecule has 1 N–H and O–H groups in total. The molecule has 2 unspecified atom stereocenters. The number of hydrogen-bond acceptors (Lipinski definition) is 4. The maximum Gasteiger partial charge on any atom is 0.0813 e. The first kappa shape index (κ1) is 11.9. The second kappa shape index (κ2) is 4.86. The summed E-state index contributed by atoms with van der Waals surface area (Å²) in [4.78, 5) is 6.86. The molecule has 0 saturated carbocycles. The van der Waals surface area contributed by atoms with Crippen molar-refractivity contribution in [1.82, 2.24) is 10.3 Å². The van der Waals surface area contributed by atoms with Crippen molar-refractivity contribution < 1.29 is 0 Å². The molecule has 1 aliphatic rings. The van der Waals surface area contributed by atoms with E-state index in [-0.39, 0.29) is 0 Å². The van der Waals surface area contributed by atoms with Crippen LogP contribution < -0.4 is 10.2 Å². The van der Waals surface area contributed by atoms with E-state index in [0.29, 0.717) is 12.1 Å². The van der Waals surface area contributed by atoms with Gasteiger partial charge in [-0.15, -0.1) is 11.3 Å². The van der Waals surface area contributed by atoms with E-state index >= 15 is 0 Å². The summed E-state index contributed by atoms with van der Waals surface area (Å²) >= 11 is 1.72. The van der Waals surface area contributed by atoms with Crippen LogP contribution in [0, 0.1) is 0 Å². The van der Waals surface area contributed by atoms with E-state index in [9.17, 15) is 0 Å². The number of thiazole rings is 1. The summed E-state index contributed by atoms with van der Waals surface area (Å²) in [7, 11) is 2.07. The summed E-state index contributed by atoms with van der Waals surface area (Å²) in [5, 5.41) is 3.40. The lowest BCUT2D eigenvalue weighted by molar-refractivity contribution is 0.387. The fourth-order valence-electron chi connectivity index (χ4n) is 2.84. The highest BCUT2D eigenvalue weighted by Gasteiger charge is 2.24. The van der Waals surface area contributed by atoms with Crippen LogP contribution in [0.15, 0.2) is 23.7 Å². The molecule has 4 heteroatoms. The van der Waals surface area contributed by atoms with Crippen molar-refractivity contribution in [3.63, 3.8) is 0 Å². The Kier molecular flexibility index (Phi) is 3.22. The second-order valence-corrected chi connectivity index (χ2v) is 5.94. The van der Waals surface area contributed by atoms with Crippen LogP contribution in [-0.2, 0) is 0 Å². The standard InChI is InChI=1S/C14H19N3S/c1-10-7-11(15-2)5-6-17(10)12-3-4-13-14(8-12)18-9-16-13/h3-4,8-11,15H,5-7H2,1-2H3. The lowest BCUT2D eigenvalue weighted by Gasteiger charge is -2.39. The molecule has 18 heavy (non-hydrogen) atoms. The number of piperidine rings is 1. The summed E-state index contributed by atoms with van der Waals surface area (Å²) in [6.45, 7) is 3.46. The number of aromatic nitrogens is 1. The van der Waals surface area contributed by atoms with Gasteiger partial charge < -0.3 is 10.2 Å². The molecule has 2 heterocycles. The molecule has 0 spiro atoms. The highest BCUT2D eigenvalue weighted by atomic mass is 32.1. The third-order valence-electron chi connectivity index (χ3n) is 3.93. The average molecular weight is 261 g/mol. The van der Waals surface area contributed by atoms with Crippen LogP contribution in [0.25, 0.3) is 10.2 Å². The molecule has 0 radical (unpaired) electrons. The minimum Gasteiger partial charge on any atom is -0.369 e. The third kappa shape index (κ3) is 2.10. The van der Waals surface area contributed by atoms with E-state index in [1.807, 2.05) is 5.51 Å². The zero-order valence-electron chi connectivity index (χ0n) is 10.9. The van der Waals surface area contributed by atoms with Crippen LogP contribution in [0.4, 0.5) is 5.69 Å². The van der Waals surface area contributed by atoms with Crippen LogP contribution in [0.1, 0.15) is 19.8 Å². The first-order valence-corrected chi connectivity index (χ1v) is 7.43.